The van der Waals surface area contributed by atoms with Crippen LogP contribution in [0.25, 0.3) is 33.2 Å². The molecule has 0 amide bonds. The molecular formula is C33H33F2N7O2. The van der Waals surface area contributed by atoms with Crippen LogP contribution in [-0.4, -0.2) is 87.5 Å². The van der Waals surface area contributed by atoms with Gasteiger partial charge in [0, 0.05) is 67.4 Å². The minimum absolute atomic E-state index is 0.0127. The molecule has 2 bridgehead atoms. The standard InChI is InChI=1S/C33H33F2N7O2/c1-2-24-27(35)6-3-19-11-23(43)12-25(28(19)24)29-36-13-26-30(38-29)39-32(40-31(26)42-15-21-4-5-22(16-42)37-21)44-18-33(8-9-33)17-41-10-7-20(34)14-41/h1,3,6,11-13,20-22,37,43H,4-5,7-10,14-18H2/t20-,21?,22?/m1/s1. The predicted molar refractivity (Wildman–Crippen MR) is 163 cm³/mol. The van der Waals surface area contributed by atoms with E-state index in [9.17, 15) is 13.9 Å². The highest BCUT2D eigenvalue weighted by atomic mass is 19.1. The summed E-state index contributed by atoms with van der Waals surface area (Å²) in [5.41, 5.74) is 0.854. The largest absolute Gasteiger partial charge is 0.508 e. The average molecular weight is 598 g/mol. The minimum atomic E-state index is -0.752. The highest BCUT2D eigenvalue weighted by Crippen LogP contribution is 2.47. The molecule has 2 unspecified atom stereocenters. The van der Waals surface area contributed by atoms with E-state index in [4.69, 9.17) is 26.1 Å². The van der Waals surface area contributed by atoms with Crippen molar-refractivity contribution in [2.45, 2.75) is 50.4 Å². The van der Waals surface area contributed by atoms with Crippen molar-refractivity contribution in [3.8, 4) is 35.5 Å². The van der Waals surface area contributed by atoms with Gasteiger partial charge in [-0.2, -0.15) is 9.97 Å². The minimum Gasteiger partial charge on any atom is -0.508 e. The van der Waals surface area contributed by atoms with Crippen molar-refractivity contribution in [1.29, 1.82) is 0 Å². The average Bonchev–Trinajstić information content (AvgIpc) is 3.54. The Labute approximate surface area is 253 Å². The molecule has 5 heterocycles. The van der Waals surface area contributed by atoms with Gasteiger partial charge in [0.25, 0.3) is 0 Å². The lowest BCUT2D eigenvalue weighted by molar-refractivity contribution is 0.165. The van der Waals surface area contributed by atoms with Crippen LogP contribution < -0.4 is 15.0 Å². The van der Waals surface area contributed by atoms with Gasteiger partial charge < -0.3 is 20.1 Å². The lowest BCUT2D eigenvalue weighted by atomic mass is 9.98. The number of fused-ring (bicyclic) bond motifs is 4. The molecule has 3 aliphatic heterocycles. The maximum atomic E-state index is 14.8. The Morgan fingerprint density at radius 2 is 1.91 bits per heavy atom. The summed E-state index contributed by atoms with van der Waals surface area (Å²) in [6.07, 6.45) is 11.5. The predicted octanol–water partition coefficient (Wildman–Crippen LogP) is 4.21. The summed E-state index contributed by atoms with van der Waals surface area (Å²) in [7, 11) is 0. The van der Waals surface area contributed by atoms with Gasteiger partial charge in [-0.3, -0.25) is 4.90 Å². The molecule has 4 aliphatic rings. The molecule has 9 nitrogen and oxygen atoms in total. The first-order valence-electron chi connectivity index (χ1n) is 15.3. The molecule has 0 spiro atoms. The number of piperazine rings is 1. The first kappa shape index (κ1) is 27.4. The monoisotopic (exact) mass is 597 g/mol. The third-order valence-electron chi connectivity index (χ3n) is 9.60. The fraction of sp³-hybridized carbons (Fsp3) is 0.455. The van der Waals surface area contributed by atoms with E-state index in [-0.39, 0.29) is 28.6 Å². The molecular weight excluding hydrogens is 564 g/mol. The number of hydrogen-bond acceptors (Lipinski definition) is 9. The molecule has 226 valence electrons. The van der Waals surface area contributed by atoms with E-state index in [2.05, 4.69) is 26.0 Å². The summed E-state index contributed by atoms with van der Waals surface area (Å²) < 4.78 is 34.9. The number of anilines is 1. The Morgan fingerprint density at radius 1 is 1.09 bits per heavy atom. The summed E-state index contributed by atoms with van der Waals surface area (Å²) in [5, 5.41) is 15.9. The van der Waals surface area contributed by atoms with Crippen LogP contribution in [0.1, 0.15) is 37.7 Å². The van der Waals surface area contributed by atoms with E-state index < -0.39 is 12.0 Å². The zero-order chi connectivity index (χ0) is 30.0. The molecule has 4 aromatic rings. The number of hydrogen-bond donors (Lipinski definition) is 2. The van der Waals surface area contributed by atoms with Crippen LogP contribution in [0.4, 0.5) is 14.6 Å². The molecule has 1 saturated carbocycles. The van der Waals surface area contributed by atoms with Crippen molar-refractivity contribution in [3.05, 3.63) is 41.8 Å². The highest BCUT2D eigenvalue weighted by Gasteiger charge is 2.46. The number of nitrogens with one attached hydrogen (secondary N) is 1. The normalized spacial score (nSPS) is 24.2. The number of phenols is 1. The molecule has 3 atom stereocenters. The van der Waals surface area contributed by atoms with E-state index in [0.29, 0.717) is 59.0 Å². The van der Waals surface area contributed by atoms with E-state index in [1.165, 1.54) is 18.2 Å². The van der Waals surface area contributed by atoms with E-state index >= 15 is 0 Å². The number of aromatic hydroxyl groups is 1. The van der Waals surface area contributed by atoms with Crippen LogP contribution in [0.2, 0.25) is 0 Å². The van der Waals surface area contributed by atoms with E-state index in [0.717, 1.165) is 57.7 Å². The third-order valence-corrected chi connectivity index (χ3v) is 9.60. The number of alkyl halides is 1. The van der Waals surface area contributed by atoms with Gasteiger partial charge >= 0.3 is 6.01 Å². The summed E-state index contributed by atoms with van der Waals surface area (Å²) in [5.74, 6) is 2.87. The molecule has 1 aliphatic carbocycles. The van der Waals surface area contributed by atoms with Crippen molar-refractivity contribution >= 4 is 27.6 Å². The molecule has 11 heteroatoms. The molecule has 2 aromatic carbocycles. The summed E-state index contributed by atoms with van der Waals surface area (Å²) >= 11 is 0. The fourth-order valence-electron chi connectivity index (χ4n) is 7.18. The topological polar surface area (TPSA) is 99.5 Å². The van der Waals surface area contributed by atoms with Crippen LogP contribution in [0.15, 0.2) is 30.5 Å². The number of phenolic OH excluding ortho intramolecular Hbond substituents is 1. The van der Waals surface area contributed by atoms with Gasteiger partial charge in [0.1, 0.15) is 23.6 Å². The number of terminal acetylenes is 1. The zero-order valence-corrected chi connectivity index (χ0v) is 24.3. The second-order valence-electron chi connectivity index (χ2n) is 12.9. The maximum absolute atomic E-state index is 14.8. The van der Waals surface area contributed by atoms with Crippen LogP contribution in [-0.2, 0) is 0 Å². The van der Waals surface area contributed by atoms with Crippen LogP contribution in [0.3, 0.4) is 0 Å². The third kappa shape index (κ3) is 4.96. The van der Waals surface area contributed by atoms with Crippen molar-refractivity contribution < 1.29 is 18.6 Å². The van der Waals surface area contributed by atoms with Crippen LogP contribution in [0, 0.1) is 23.6 Å². The Kier molecular flexibility index (Phi) is 6.54. The van der Waals surface area contributed by atoms with Crippen molar-refractivity contribution in [1.82, 2.24) is 30.2 Å². The Balaban J connectivity index is 1.19. The number of nitrogens with zero attached hydrogens (tertiary/aromatic N) is 6. The van der Waals surface area contributed by atoms with Crippen molar-refractivity contribution in [2.24, 2.45) is 5.41 Å². The molecule has 4 fully saturated rings. The number of halogens is 2. The quantitative estimate of drug-likeness (QED) is 0.304. The smallest absolute Gasteiger partial charge is 0.320 e. The Bertz CT molecular complexity index is 1810. The zero-order valence-electron chi connectivity index (χ0n) is 24.3. The number of benzene rings is 2. The summed E-state index contributed by atoms with van der Waals surface area (Å²) in [6, 6.07) is 6.89. The van der Waals surface area contributed by atoms with Crippen molar-refractivity contribution in [2.75, 3.05) is 44.2 Å². The fourth-order valence-corrected chi connectivity index (χ4v) is 7.18. The van der Waals surface area contributed by atoms with E-state index in [1.807, 2.05) is 0 Å². The van der Waals surface area contributed by atoms with Gasteiger partial charge in [-0.25, -0.2) is 18.7 Å². The number of likely N-dealkylation sites (tertiary alicyclic amines) is 1. The van der Waals surface area contributed by atoms with Crippen molar-refractivity contribution in [3.63, 3.8) is 0 Å². The van der Waals surface area contributed by atoms with Gasteiger partial charge in [-0.15, -0.1) is 6.42 Å². The molecule has 2 aromatic heterocycles. The molecule has 2 N–H and O–H groups in total. The highest BCUT2D eigenvalue weighted by molar-refractivity contribution is 6.01. The maximum Gasteiger partial charge on any atom is 0.320 e. The number of aromatic nitrogens is 4. The molecule has 3 saturated heterocycles. The first-order valence-corrected chi connectivity index (χ1v) is 15.3. The van der Waals surface area contributed by atoms with Gasteiger partial charge in [0.2, 0.25) is 0 Å². The Morgan fingerprint density at radius 3 is 2.64 bits per heavy atom. The molecule has 0 radical (unpaired) electrons. The number of ether oxygens (including phenoxy) is 1. The molecule has 8 rings (SSSR count). The van der Waals surface area contributed by atoms with Gasteiger partial charge in [0.05, 0.1) is 17.6 Å². The number of rotatable bonds is 7. The summed E-state index contributed by atoms with van der Waals surface area (Å²) in [4.78, 5) is 23.6. The van der Waals surface area contributed by atoms with E-state index in [1.54, 1.807) is 12.3 Å². The molecule has 44 heavy (non-hydrogen) atoms. The lowest BCUT2D eigenvalue weighted by Crippen LogP contribution is -2.51. The summed E-state index contributed by atoms with van der Waals surface area (Å²) in [6.45, 7) is 4.11. The second kappa shape index (κ2) is 10.5. The second-order valence-corrected chi connectivity index (χ2v) is 12.9. The first-order chi connectivity index (χ1) is 21.4. The lowest BCUT2D eigenvalue weighted by Gasteiger charge is -2.34. The van der Waals surface area contributed by atoms with Crippen LogP contribution >= 0.6 is 0 Å². The SMILES string of the molecule is C#Cc1c(F)ccc2cc(O)cc(-c3ncc4c(N5CC6CCC(C5)N6)nc(OCC5(CN6CC[C@@H](F)C6)CC5)nc4n3)c12. The Hall–Kier alpha value is -4.14. The van der Waals surface area contributed by atoms with Gasteiger partial charge in [-0.05, 0) is 55.7 Å². The van der Waals surface area contributed by atoms with Gasteiger partial charge in [0.15, 0.2) is 11.5 Å². The van der Waals surface area contributed by atoms with Crippen LogP contribution in [0.5, 0.6) is 11.8 Å². The van der Waals surface area contributed by atoms with Gasteiger partial charge in [-0.1, -0.05) is 12.0 Å².